The second kappa shape index (κ2) is 9.42. The molecule has 2 N–H and O–H groups in total. The lowest BCUT2D eigenvalue weighted by atomic mass is 10.1. The van der Waals surface area contributed by atoms with Crippen molar-refractivity contribution in [1.82, 2.24) is 9.97 Å². The van der Waals surface area contributed by atoms with Gasteiger partial charge in [-0.2, -0.15) is 0 Å². The molecule has 0 spiro atoms. The SMILES string of the molecule is Cc1cnc2ccccc2c1Nc1ccc(C(=O)Nc2cccc(Oc3ccncc3)c2)cc1. The summed E-state index contributed by atoms with van der Waals surface area (Å²) in [4.78, 5) is 21.3. The summed E-state index contributed by atoms with van der Waals surface area (Å²) in [5.41, 5.74) is 5.09. The number of aromatic nitrogens is 2. The summed E-state index contributed by atoms with van der Waals surface area (Å²) < 4.78 is 5.81. The van der Waals surface area contributed by atoms with Crippen LogP contribution in [0.15, 0.2) is 104 Å². The summed E-state index contributed by atoms with van der Waals surface area (Å²) >= 11 is 0. The number of carbonyl (C=O) groups excluding carboxylic acids is 1. The van der Waals surface area contributed by atoms with Crippen LogP contribution in [0.1, 0.15) is 15.9 Å². The van der Waals surface area contributed by atoms with Crippen molar-refractivity contribution >= 4 is 33.9 Å². The summed E-state index contributed by atoms with van der Waals surface area (Å²) in [5.74, 6) is 1.11. The van der Waals surface area contributed by atoms with Gasteiger partial charge in [-0.3, -0.25) is 14.8 Å². The molecule has 2 aromatic heterocycles. The van der Waals surface area contributed by atoms with E-state index in [0.717, 1.165) is 27.8 Å². The number of hydrogen-bond acceptors (Lipinski definition) is 5. The number of fused-ring (bicyclic) bond motifs is 1. The number of ether oxygens (including phenoxy) is 1. The number of carbonyl (C=O) groups is 1. The highest BCUT2D eigenvalue weighted by atomic mass is 16.5. The number of amides is 1. The molecular formula is C28H22N4O2. The van der Waals surface area contributed by atoms with E-state index in [1.807, 2.05) is 67.7 Å². The Balaban J connectivity index is 1.29. The molecular weight excluding hydrogens is 424 g/mol. The molecule has 3 aromatic carbocycles. The van der Waals surface area contributed by atoms with E-state index < -0.39 is 0 Å². The third kappa shape index (κ3) is 4.71. The molecule has 166 valence electrons. The maximum absolute atomic E-state index is 12.8. The highest BCUT2D eigenvalue weighted by Crippen LogP contribution is 2.29. The lowest BCUT2D eigenvalue weighted by molar-refractivity contribution is 0.102. The number of para-hydroxylation sites is 1. The van der Waals surface area contributed by atoms with Gasteiger partial charge >= 0.3 is 0 Å². The number of rotatable bonds is 6. The molecule has 0 bridgehead atoms. The van der Waals surface area contributed by atoms with E-state index >= 15 is 0 Å². The Labute approximate surface area is 197 Å². The Morgan fingerprint density at radius 1 is 0.824 bits per heavy atom. The number of hydrogen-bond donors (Lipinski definition) is 2. The van der Waals surface area contributed by atoms with Crippen molar-refractivity contribution < 1.29 is 9.53 Å². The Hall–Kier alpha value is -4.71. The van der Waals surface area contributed by atoms with Gasteiger partial charge < -0.3 is 15.4 Å². The first-order valence-electron chi connectivity index (χ1n) is 10.9. The van der Waals surface area contributed by atoms with Crippen molar-refractivity contribution in [2.45, 2.75) is 6.92 Å². The van der Waals surface area contributed by atoms with Crippen LogP contribution in [-0.4, -0.2) is 15.9 Å². The van der Waals surface area contributed by atoms with E-state index in [9.17, 15) is 4.79 Å². The average Bonchev–Trinajstić information content (AvgIpc) is 2.87. The molecule has 0 aliphatic rings. The topological polar surface area (TPSA) is 76.1 Å². The van der Waals surface area contributed by atoms with Gasteiger partial charge in [0, 0.05) is 47.0 Å². The molecule has 0 aliphatic heterocycles. The van der Waals surface area contributed by atoms with Crippen LogP contribution in [0.5, 0.6) is 11.5 Å². The molecule has 1 amide bonds. The fourth-order valence-electron chi connectivity index (χ4n) is 3.64. The normalized spacial score (nSPS) is 10.6. The van der Waals surface area contributed by atoms with Gasteiger partial charge in [-0.25, -0.2) is 0 Å². The van der Waals surface area contributed by atoms with Gasteiger partial charge in [0.25, 0.3) is 5.91 Å². The van der Waals surface area contributed by atoms with Crippen LogP contribution in [0.25, 0.3) is 10.9 Å². The molecule has 5 aromatic rings. The first kappa shape index (κ1) is 21.2. The third-order valence-electron chi connectivity index (χ3n) is 5.36. The summed E-state index contributed by atoms with van der Waals surface area (Å²) in [5, 5.41) is 7.45. The van der Waals surface area contributed by atoms with E-state index in [1.54, 1.807) is 42.7 Å². The maximum Gasteiger partial charge on any atom is 0.255 e. The average molecular weight is 447 g/mol. The number of nitrogens with one attached hydrogen (secondary N) is 2. The minimum absolute atomic E-state index is 0.196. The van der Waals surface area contributed by atoms with E-state index in [0.29, 0.717) is 22.7 Å². The summed E-state index contributed by atoms with van der Waals surface area (Å²) in [7, 11) is 0. The molecule has 2 heterocycles. The van der Waals surface area contributed by atoms with Crippen molar-refractivity contribution in [2.75, 3.05) is 10.6 Å². The molecule has 0 aliphatic carbocycles. The van der Waals surface area contributed by atoms with Crippen LogP contribution in [-0.2, 0) is 0 Å². The minimum atomic E-state index is -0.196. The fourth-order valence-corrected chi connectivity index (χ4v) is 3.64. The lowest BCUT2D eigenvalue weighted by Crippen LogP contribution is -2.11. The predicted octanol–water partition coefficient (Wildman–Crippen LogP) is 6.73. The lowest BCUT2D eigenvalue weighted by Gasteiger charge is -2.13. The second-order valence-electron chi connectivity index (χ2n) is 7.80. The molecule has 0 unspecified atom stereocenters. The molecule has 0 atom stereocenters. The molecule has 5 rings (SSSR count). The van der Waals surface area contributed by atoms with Crippen molar-refractivity contribution in [3.8, 4) is 11.5 Å². The molecule has 0 saturated heterocycles. The van der Waals surface area contributed by atoms with E-state index in [2.05, 4.69) is 20.6 Å². The Bertz CT molecular complexity index is 1450. The zero-order chi connectivity index (χ0) is 23.3. The third-order valence-corrected chi connectivity index (χ3v) is 5.36. The van der Waals surface area contributed by atoms with Gasteiger partial charge in [0.1, 0.15) is 11.5 Å². The van der Waals surface area contributed by atoms with Gasteiger partial charge in [0.15, 0.2) is 0 Å². The first-order chi connectivity index (χ1) is 16.7. The Morgan fingerprint density at radius 2 is 1.62 bits per heavy atom. The van der Waals surface area contributed by atoms with Crippen LogP contribution in [0.2, 0.25) is 0 Å². The first-order valence-corrected chi connectivity index (χ1v) is 10.9. The van der Waals surface area contributed by atoms with Crippen LogP contribution in [0.4, 0.5) is 17.1 Å². The van der Waals surface area contributed by atoms with Gasteiger partial charge in [0.05, 0.1) is 11.2 Å². The highest BCUT2D eigenvalue weighted by Gasteiger charge is 2.09. The van der Waals surface area contributed by atoms with Crippen LogP contribution < -0.4 is 15.4 Å². The van der Waals surface area contributed by atoms with Crippen molar-refractivity contribution in [3.05, 3.63) is 115 Å². The quantitative estimate of drug-likeness (QED) is 0.303. The maximum atomic E-state index is 12.8. The number of anilines is 3. The van der Waals surface area contributed by atoms with Crippen molar-refractivity contribution in [2.24, 2.45) is 0 Å². The fraction of sp³-hybridized carbons (Fsp3) is 0.0357. The van der Waals surface area contributed by atoms with Crippen LogP contribution in [0, 0.1) is 6.92 Å². The standard InChI is InChI=1S/C28H22N4O2/c1-19-18-30-26-8-3-2-7-25(26)27(19)31-21-11-9-20(10-12-21)28(33)32-22-5-4-6-24(17-22)34-23-13-15-29-16-14-23/h2-18H,1H3,(H,30,31)(H,32,33). The summed E-state index contributed by atoms with van der Waals surface area (Å²) in [6, 6.07) is 26.2. The molecule has 34 heavy (non-hydrogen) atoms. The van der Waals surface area contributed by atoms with Crippen molar-refractivity contribution in [1.29, 1.82) is 0 Å². The monoisotopic (exact) mass is 446 g/mol. The molecule has 6 nitrogen and oxygen atoms in total. The van der Waals surface area contributed by atoms with Gasteiger partial charge in [-0.05, 0) is 67.1 Å². The molecule has 0 radical (unpaired) electrons. The number of nitrogens with zero attached hydrogens (tertiary/aromatic N) is 2. The number of aryl methyl sites for hydroxylation is 1. The van der Waals surface area contributed by atoms with Crippen molar-refractivity contribution in [3.63, 3.8) is 0 Å². The molecule has 6 heteroatoms. The second-order valence-corrected chi connectivity index (χ2v) is 7.80. The Kier molecular flexibility index (Phi) is 5.86. The highest BCUT2D eigenvalue weighted by molar-refractivity contribution is 6.04. The zero-order valence-electron chi connectivity index (χ0n) is 18.5. The smallest absolute Gasteiger partial charge is 0.255 e. The van der Waals surface area contributed by atoms with E-state index in [-0.39, 0.29) is 5.91 Å². The van der Waals surface area contributed by atoms with Gasteiger partial charge in [-0.1, -0.05) is 24.3 Å². The number of pyridine rings is 2. The minimum Gasteiger partial charge on any atom is -0.457 e. The van der Waals surface area contributed by atoms with Crippen LogP contribution in [0.3, 0.4) is 0 Å². The predicted molar refractivity (Wildman–Crippen MR) is 135 cm³/mol. The largest absolute Gasteiger partial charge is 0.457 e. The summed E-state index contributed by atoms with van der Waals surface area (Å²) in [6.45, 7) is 2.02. The molecule has 0 fully saturated rings. The zero-order valence-corrected chi connectivity index (χ0v) is 18.5. The summed E-state index contributed by atoms with van der Waals surface area (Å²) in [6.07, 6.45) is 5.19. The number of benzene rings is 3. The van der Waals surface area contributed by atoms with E-state index in [1.165, 1.54) is 0 Å². The van der Waals surface area contributed by atoms with Gasteiger partial charge in [0.2, 0.25) is 0 Å². The Morgan fingerprint density at radius 3 is 2.44 bits per heavy atom. The molecule has 0 saturated carbocycles. The van der Waals surface area contributed by atoms with Crippen LogP contribution >= 0.6 is 0 Å². The van der Waals surface area contributed by atoms with Gasteiger partial charge in [-0.15, -0.1) is 0 Å². The van der Waals surface area contributed by atoms with E-state index in [4.69, 9.17) is 4.74 Å².